The van der Waals surface area contributed by atoms with E-state index in [0.717, 1.165) is 0 Å². The summed E-state index contributed by atoms with van der Waals surface area (Å²) < 4.78 is 0. The van der Waals surface area contributed by atoms with Crippen LogP contribution in [0.15, 0.2) is 18.2 Å². The molecule has 1 rings (SSSR count). The molecule has 0 amide bonds. The molecule has 0 heterocycles. The zero-order valence-electron chi connectivity index (χ0n) is 7.39. The lowest BCUT2D eigenvalue weighted by Crippen LogP contribution is -2.19. The highest BCUT2D eigenvalue weighted by molar-refractivity contribution is 7.80. The second-order valence-corrected chi connectivity index (χ2v) is 3.75. The molecule has 0 saturated carbocycles. The van der Waals surface area contributed by atoms with Crippen molar-refractivity contribution >= 4 is 29.9 Å². The van der Waals surface area contributed by atoms with Crippen LogP contribution in [0, 0.1) is 0 Å². The standard InChI is InChI=1S/C9H12ClNO2S/c10-6-2-1-5(3-7(6)11)9(13)8(12)4-14/h1-3,8-9,12-14H,4,11H2. The van der Waals surface area contributed by atoms with Gasteiger partial charge in [-0.3, -0.25) is 0 Å². The number of hydrogen-bond donors (Lipinski definition) is 4. The molecule has 0 spiro atoms. The number of hydrogen-bond acceptors (Lipinski definition) is 4. The lowest BCUT2D eigenvalue weighted by atomic mass is 10.0. The highest BCUT2D eigenvalue weighted by atomic mass is 35.5. The van der Waals surface area contributed by atoms with Gasteiger partial charge < -0.3 is 15.9 Å². The van der Waals surface area contributed by atoms with E-state index in [-0.39, 0.29) is 5.75 Å². The Morgan fingerprint density at radius 2 is 2.07 bits per heavy atom. The second-order valence-electron chi connectivity index (χ2n) is 2.98. The number of rotatable bonds is 3. The van der Waals surface area contributed by atoms with Crippen molar-refractivity contribution in [1.82, 2.24) is 0 Å². The van der Waals surface area contributed by atoms with E-state index in [1.165, 1.54) is 0 Å². The van der Waals surface area contributed by atoms with Gasteiger partial charge in [0.25, 0.3) is 0 Å². The molecule has 3 nitrogen and oxygen atoms in total. The maximum Gasteiger partial charge on any atom is 0.106 e. The fraction of sp³-hybridized carbons (Fsp3) is 0.333. The van der Waals surface area contributed by atoms with Gasteiger partial charge in [0.1, 0.15) is 6.10 Å². The third-order valence-electron chi connectivity index (χ3n) is 1.91. The molecular formula is C9H12ClNO2S. The van der Waals surface area contributed by atoms with Gasteiger partial charge >= 0.3 is 0 Å². The van der Waals surface area contributed by atoms with Crippen molar-refractivity contribution in [2.24, 2.45) is 0 Å². The van der Waals surface area contributed by atoms with E-state index >= 15 is 0 Å². The molecule has 78 valence electrons. The summed E-state index contributed by atoms with van der Waals surface area (Å²) in [6, 6.07) is 4.75. The summed E-state index contributed by atoms with van der Waals surface area (Å²) in [4.78, 5) is 0. The number of aliphatic hydroxyl groups excluding tert-OH is 2. The Kier molecular flexibility index (Phi) is 4.07. The minimum Gasteiger partial charge on any atom is -0.398 e. The summed E-state index contributed by atoms with van der Waals surface area (Å²) in [5, 5.41) is 19.4. The van der Waals surface area contributed by atoms with Gasteiger partial charge in [0, 0.05) is 5.75 Å². The summed E-state index contributed by atoms with van der Waals surface area (Å²) in [7, 11) is 0. The molecule has 0 aliphatic rings. The molecule has 2 unspecified atom stereocenters. The average molecular weight is 234 g/mol. The summed E-state index contributed by atoms with van der Waals surface area (Å²) >= 11 is 9.60. The molecule has 1 aromatic carbocycles. The van der Waals surface area contributed by atoms with Crippen LogP contribution in [0.5, 0.6) is 0 Å². The predicted molar refractivity (Wildman–Crippen MR) is 60.7 cm³/mol. The largest absolute Gasteiger partial charge is 0.398 e. The Bertz CT molecular complexity index is 322. The minimum absolute atomic E-state index is 0.184. The van der Waals surface area contributed by atoms with E-state index in [1.807, 2.05) is 0 Å². The Balaban J connectivity index is 2.91. The Morgan fingerprint density at radius 1 is 1.43 bits per heavy atom. The summed E-state index contributed by atoms with van der Waals surface area (Å²) in [5.41, 5.74) is 6.48. The minimum atomic E-state index is -0.980. The fourth-order valence-electron chi connectivity index (χ4n) is 1.07. The molecule has 0 bridgehead atoms. The van der Waals surface area contributed by atoms with Crippen LogP contribution in [0.2, 0.25) is 5.02 Å². The first kappa shape index (κ1) is 11.7. The highest BCUT2D eigenvalue weighted by Crippen LogP contribution is 2.25. The van der Waals surface area contributed by atoms with Gasteiger partial charge in [-0.25, -0.2) is 0 Å². The Labute approximate surface area is 92.9 Å². The average Bonchev–Trinajstić information content (AvgIpc) is 2.20. The van der Waals surface area contributed by atoms with Crippen LogP contribution < -0.4 is 5.73 Å². The van der Waals surface area contributed by atoms with Gasteiger partial charge in [-0.2, -0.15) is 12.6 Å². The van der Waals surface area contributed by atoms with Crippen LogP contribution in [0.4, 0.5) is 5.69 Å². The first-order valence-corrected chi connectivity index (χ1v) is 5.09. The van der Waals surface area contributed by atoms with Crippen molar-refractivity contribution in [3.8, 4) is 0 Å². The van der Waals surface area contributed by atoms with Crippen molar-refractivity contribution < 1.29 is 10.2 Å². The number of thiol groups is 1. The molecule has 14 heavy (non-hydrogen) atoms. The molecule has 0 fully saturated rings. The monoisotopic (exact) mass is 233 g/mol. The maximum atomic E-state index is 9.61. The Hall–Kier alpha value is -0.420. The summed E-state index contributed by atoms with van der Waals surface area (Å²) in [6.07, 6.45) is -1.88. The number of benzene rings is 1. The molecule has 2 atom stereocenters. The zero-order valence-corrected chi connectivity index (χ0v) is 9.04. The van der Waals surface area contributed by atoms with Gasteiger partial charge in [0.05, 0.1) is 16.8 Å². The second kappa shape index (κ2) is 4.89. The number of anilines is 1. The lowest BCUT2D eigenvalue weighted by Gasteiger charge is -2.16. The SMILES string of the molecule is Nc1cc(C(O)C(O)CS)ccc1Cl. The van der Waals surface area contributed by atoms with Crippen LogP contribution in [-0.2, 0) is 0 Å². The number of nitrogen functional groups attached to an aromatic ring is 1. The molecule has 1 aromatic rings. The van der Waals surface area contributed by atoms with Gasteiger partial charge in [0.15, 0.2) is 0 Å². The maximum absolute atomic E-state index is 9.61. The van der Waals surface area contributed by atoms with Gasteiger partial charge in [0.2, 0.25) is 0 Å². The number of aliphatic hydroxyl groups is 2. The Morgan fingerprint density at radius 3 is 2.57 bits per heavy atom. The number of nitrogens with two attached hydrogens (primary N) is 1. The molecular weight excluding hydrogens is 222 g/mol. The van der Waals surface area contributed by atoms with Gasteiger partial charge in [-0.15, -0.1) is 0 Å². The topological polar surface area (TPSA) is 66.5 Å². The van der Waals surface area contributed by atoms with E-state index in [2.05, 4.69) is 12.6 Å². The van der Waals surface area contributed by atoms with Crippen LogP contribution >= 0.6 is 24.2 Å². The van der Waals surface area contributed by atoms with E-state index in [9.17, 15) is 10.2 Å². The highest BCUT2D eigenvalue weighted by Gasteiger charge is 2.17. The molecule has 0 saturated heterocycles. The smallest absolute Gasteiger partial charge is 0.106 e. The predicted octanol–water partition coefficient (Wildman–Crippen LogP) is 1.25. The van der Waals surface area contributed by atoms with E-state index in [1.54, 1.807) is 18.2 Å². The molecule has 5 heteroatoms. The lowest BCUT2D eigenvalue weighted by molar-refractivity contribution is 0.0338. The molecule has 0 aliphatic heterocycles. The first-order chi connectivity index (χ1) is 6.56. The van der Waals surface area contributed by atoms with Crippen LogP contribution in [-0.4, -0.2) is 22.1 Å². The molecule has 0 aromatic heterocycles. The van der Waals surface area contributed by atoms with Crippen LogP contribution in [0.1, 0.15) is 11.7 Å². The van der Waals surface area contributed by atoms with Gasteiger partial charge in [-0.1, -0.05) is 17.7 Å². The van der Waals surface area contributed by atoms with E-state index in [0.29, 0.717) is 16.3 Å². The van der Waals surface area contributed by atoms with E-state index < -0.39 is 12.2 Å². The molecule has 4 N–H and O–H groups in total. The fourth-order valence-corrected chi connectivity index (χ4v) is 1.39. The summed E-state index contributed by atoms with van der Waals surface area (Å²) in [6.45, 7) is 0. The van der Waals surface area contributed by atoms with Crippen molar-refractivity contribution in [3.63, 3.8) is 0 Å². The molecule has 0 radical (unpaired) electrons. The van der Waals surface area contributed by atoms with E-state index in [4.69, 9.17) is 17.3 Å². The zero-order chi connectivity index (χ0) is 10.7. The number of halogens is 1. The summed E-state index contributed by atoms with van der Waals surface area (Å²) in [5.74, 6) is 0.184. The van der Waals surface area contributed by atoms with Crippen LogP contribution in [0.3, 0.4) is 0 Å². The van der Waals surface area contributed by atoms with Crippen molar-refractivity contribution in [3.05, 3.63) is 28.8 Å². The van der Waals surface area contributed by atoms with Gasteiger partial charge in [-0.05, 0) is 17.7 Å². The quantitative estimate of drug-likeness (QED) is 0.469. The van der Waals surface area contributed by atoms with Crippen LogP contribution in [0.25, 0.3) is 0 Å². The van der Waals surface area contributed by atoms with Crippen molar-refractivity contribution in [2.75, 3.05) is 11.5 Å². The molecule has 0 aliphatic carbocycles. The van der Waals surface area contributed by atoms with Crippen molar-refractivity contribution in [1.29, 1.82) is 0 Å². The van der Waals surface area contributed by atoms with Crippen molar-refractivity contribution in [2.45, 2.75) is 12.2 Å². The third-order valence-corrected chi connectivity index (χ3v) is 2.63. The third kappa shape index (κ3) is 2.54. The first-order valence-electron chi connectivity index (χ1n) is 4.08. The normalized spacial score (nSPS) is 15.1.